The predicted molar refractivity (Wildman–Crippen MR) is 94.0 cm³/mol. The van der Waals surface area contributed by atoms with Gasteiger partial charge in [0.25, 0.3) is 0 Å². The molecule has 25 heavy (non-hydrogen) atoms. The first-order valence-corrected chi connectivity index (χ1v) is 8.40. The second-order valence-electron chi connectivity index (χ2n) is 7.32. The summed E-state index contributed by atoms with van der Waals surface area (Å²) in [5.74, 6) is 0. The molecule has 7 heteroatoms. The van der Waals surface area contributed by atoms with Crippen LogP contribution in [0, 0.1) is 0 Å². The molecule has 0 bridgehead atoms. The van der Waals surface area contributed by atoms with Gasteiger partial charge in [0.1, 0.15) is 12.2 Å². The van der Waals surface area contributed by atoms with Gasteiger partial charge in [0.2, 0.25) is 0 Å². The fourth-order valence-electron chi connectivity index (χ4n) is 2.65. The van der Waals surface area contributed by atoms with E-state index in [0.717, 1.165) is 5.56 Å². The molecule has 0 spiro atoms. The summed E-state index contributed by atoms with van der Waals surface area (Å²) in [5.41, 5.74) is 5.52. The van der Waals surface area contributed by atoms with E-state index in [-0.39, 0.29) is 13.2 Å². The number of alkyl carbamates (subject to hydrolysis) is 1. The van der Waals surface area contributed by atoms with Gasteiger partial charge >= 0.3 is 12.2 Å². The predicted octanol–water partition coefficient (Wildman–Crippen LogP) is 2.25. The summed E-state index contributed by atoms with van der Waals surface area (Å²) in [4.78, 5) is 25.9. The van der Waals surface area contributed by atoms with Crippen molar-refractivity contribution in [2.24, 2.45) is 5.73 Å². The van der Waals surface area contributed by atoms with Crippen LogP contribution in [-0.2, 0) is 16.1 Å². The summed E-state index contributed by atoms with van der Waals surface area (Å²) >= 11 is 0. The molecule has 1 aromatic carbocycles. The van der Waals surface area contributed by atoms with Crippen LogP contribution in [0.3, 0.4) is 0 Å². The lowest BCUT2D eigenvalue weighted by molar-refractivity contribution is 0.0279. The third-order valence-electron chi connectivity index (χ3n) is 3.98. The molecule has 3 N–H and O–H groups in total. The summed E-state index contributed by atoms with van der Waals surface area (Å²) in [6.07, 6.45) is -0.383. The number of ether oxygens (including phenoxy) is 2. The van der Waals surface area contributed by atoms with Crippen LogP contribution in [0.1, 0.15) is 32.8 Å². The summed E-state index contributed by atoms with van der Waals surface area (Å²) in [6, 6.07) is 9.43. The Balaban J connectivity index is 1.88. The number of hydrogen-bond acceptors (Lipinski definition) is 5. The Hall–Kier alpha value is -2.28. The van der Waals surface area contributed by atoms with E-state index in [1.165, 1.54) is 0 Å². The number of benzene rings is 1. The number of carbonyl (C=O) groups excluding carboxylic acids is 2. The largest absolute Gasteiger partial charge is 0.445 e. The van der Waals surface area contributed by atoms with Crippen molar-refractivity contribution in [1.82, 2.24) is 10.2 Å². The maximum absolute atomic E-state index is 12.2. The Morgan fingerprint density at radius 2 is 1.96 bits per heavy atom. The first-order chi connectivity index (χ1) is 11.7. The zero-order valence-corrected chi connectivity index (χ0v) is 15.1. The Kier molecular flexibility index (Phi) is 5.89. The van der Waals surface area contributed by atoms with Crippen LogP contribution in [0.2, 0.25) is 0 Å². The van der Waals surface area contributed by atoms with Gasteiger partial charge in [-0.3, -0.25) is 0 Å². The quantitative estimate of drug-likeness (QED) is 0.869. The van der Waals surface area contributed by atoms with E-state index >= 15 is 0 Å². The molecule has 7 nitrogen and oxygen atoms in total. The van der Waals surface area contributed by atoms with Crippen LogP contribution in [0.15, 0.2) is 30.3 Å². The van der Waals surface area contributed by atoms with Crippen molar-refractivity contribution < 1.29 is 19.1 Å². The maximum Gasteiger partial charge on any atom is 0.410 e. The molecule has 1 unspecified atom stereocenters. The fraction of sp³-hybridized carbons (Fsp3) is 0.556. The molecule has 0 radical (unpaired) electrons. The number of nitrogens with two attached hydrogens (primary N) is 1. The number of hydrogen-bond donors (Lipinski definition) is 2. The SMILES string of the molecule is CC(C)(C)OC(=O)N1CCC(CN)(NC(=O)OCc2ccccc2)C1. The second-order valence-corrected chi connectivity index (χ2v) is 7.32. The van der Waals surface area contributed by atoms with Gasteiger partial charge in [-0.2, -0.15) is 0 Å². The summed E-state index contributed by atoms with van der Waals surface area (Å²) in [5, 5.41) is 2.82. The zero-order valence-electron chi connectivity index (χ0n) is 15.1. The molecule has 1 aliphatic rings. The van der Waals surface area contributed by atoms with Gasteiger partial charge in [0.15, 0.2) is 0 Å². The lowest BCUT2D eigenvalue weighted by Crippen LogP contribution is -2.56. The van der Waals surface area contributed by atoms with Gasteiger partial charge < -0.3 is 25.4 Å². The van der Waals surface area contributed by atoms with Crippen LogP contribution >= 0.6 is 0 Å². The number of carbonyl (C=O) groups is 2. The van der Waals surface area contributed by atoms with Crippen molar-refractivity contribution in [3.05, 3.63) is 35.9 Å². The summed E-state index contributed by atoms with van der Waals surface area (Å²) in [6.45, 7) is 6.63. The van der Waals surface area contributed by atoms with Crippen LogP contribution in [0.25, 0.3) is 0 Å². The number of rotatable bonds is 4. The van der Waals surface area contributed by atoms with E-state index in [2.05, 4.69) is 5.32 Å². The number of amides is 2. The molecule has 1 saturated heterocycles. The summed E-state index contributed by atoms with van der Waals surface area (Å²) < 4.78 is 10.6. The van der Waals surface area contributed by atoms with Gasteiger partial charge in [0.05, 0.1) is 5.54 Å². The van der Waals surface area contributed by atoms with E-state index in [1.807, 2.05) is 51.1 Å². The molecule has 2 amide bonds. The van der Waals surface area contributed by atoms with E-state index < -0.39 is 23.3 Å². The topological polar surface area (TPSA) is 93.9 Å². The van der Waals surface area contributed by atoms with Crippen LogP contribution in [0.5, 0.6) is 0 Å². The van der Waals surface area contributed by atoms with Gasteiger partial charge in [-0.25, -0.2) is 9.59 Å². The van der Waals surface area contributed by atoms with Crippen molar-refractivity contribution in [2.75, 3.05) is 19.6 Å². The molecule has 1 heterocycles. The van der Waals surface area contributed by atoms with Crippen molar-refractivity contribution in [2.45, 2.75) is 44.9 Å². The average molecular weight is 349 g/mol. The van der Waals surface area contributed by atoms with E-state index in [4.69, 9.17) is 15.2 Å². The first kappa shape index (κ1) is 19.1. The molecule has 1 fully saturated rings. The van der Waals surface area contributed by atoms with Crippen LogP contribution in [0.4, 0.5) is 9.59 Å². The molecule has 0 aromatic heterocycles. The lowest BCUT2D eigenvalue weighted by Gasteiger charge is -2.29. The average Bonchev–Trinajstić information content (AvgIpc) is 2.97. The first-order valence-electron chi connectivity index (χ1n) is 8.40. The van der Waals surface area contributed by atoms with Gasteiger partial charge in [-0.1, -0.05) is 30.3 Å². The lowest BCUT2D eigenvalue weighted by atomic mass is 9.99. The molecule has 2 rings (SSSR count). The maximum atomic E-state index is 12.2. The Morgan fingerprint density at radius 1 is 1.28 bits per heavy atom. The normalized spacial score (nSPS) is 20.2. The highest BCUT2D eigenvalue weighted by Crippen LogP contribution is 2.23. The molecular weight excluding hydrogens is 322 g/mol. The zero-order chi connectivity index (χ0) is 18.5. The van der Waals surface area contributed by atoms with E-state index in [9.17, 15) is 9.59 Å². The molecule has 1 atom stereocenters. The second kappa shape index (κ2) is 7.74. The molecule has 138 valence electrons. The monoisotopic (exact) mass is 349 g/mol. The molecule has 0 saturated carbocycles. The molecule has 0 aliphatic carbocycles. The smallest absolute Gasteiger partial charge is 0.410 e. The van der Waals surface area contributed by atoms with Crippen molar-refractivity contribution in [3.8, 4) is 0 Å². The highest BCUT2D eigenvalue weighted by atomic mass is 16.6. The molecular formula is C18H27N3O4. The van der Waals surface area contributed by atoms with Crippen molar-refractivity contribution >= 4 is 12.2 Å². The minimum absolute atomic E-state index is 0.184. The minimum atomic E-state index is -0.690. The third kappa shape index (κ3) is 5.63. The molecule has 1 aromatic rings. The highest BCUT2D eigenvalue weighted by Gasteiger charge is 2.41. The fourth-order valence-corrected chi connectivity index (χ4v) is 2.65. The number of nitrogens with one attached hydrogen (secondary N) is 1. The Morgan fingerprint density at radius 3 is 2.56 bits per heavy atom. The number of likely N-dealkylation sites (tertiary alicyclic amines) is 1. The molecule has 1 aliphatic heterocycles. The van der Waals surface area contributed by atoms with E-state index in [0.29, 0.717) is 19.5 Å². The number of nitrogens with zero attached hydrogens (tertiary/aromatic N) is 1. The Labute approximate surface area is 148 Å². The third-order valence-corrected chi connectivity index (χ3v) is 3.98. The van der Waals surface area contributed by atoms with Crippen LogP contribution in [-0.4, -0.2) is 47.9 Å². The van der Waals surface area contributed by atoms with Gasteiger partial charge in [-0.15, -0.1) is 0 Å². The van der Waals surface area contributed by atoms with Crippen LogP contribution < -0.4 is 11.1 Å². The highest BCUT2D eigenvalue weighted by molar-refractivity contribution is 5.71. The standard InChI is InChI=1S/C18H27N3O4/c1-17(2,3)25-16(23)21-10-9-18(12-19,13-21)20-15(22)24-11-14-7-5-4-6-8-14/h4-8H,9-13,19H2,1-3H3,(H,20,22). The van der Waals surface area contributed by atoms with Crippen molar-refractivity contribution in [3.63, 3.8) is 0 Å². The van der Waals surface area contributed by atoms with E-state index in [1.54, 1.807) is 4.90 Å². The van der Waals surface area contributed by atoms with Gasteiger partial charge in [-0.05, 0) is 32.8 Å². The van der Waals surface area contributed by atoms with Crippen molar-refractivity contribution in [1.29, 1.82) is 0 Å². The summed E-state index contributed by atoms with van der Waals surface area (Å²) in [7, 11) is 0. The Bertz CT molecular complexity index is 600. The minimum Gasteiger partial charge on any atom is -0.445 e. The van der Waals surface area contributed by atoms with Gasteiger partial charge in [0, 0.05) is 19.6 Å².